The Labute approximate surface area is 199 Å². The van der Waals surface area contributed by atoms with Gasteiger partial charge in [0.1, 0.15) is 11.4 Å². The SMILES string of the molecule is CC(C)Oc1ccc(/C=C(/NC(=O)c2ccccc2)C(=O)Nc2ccc3ccccc3c2)cc1. The van der Waals surface area contributed by atoms with Gasteiger partial charge in [-0.2, -0.15) is 0 Å². The van der Waals surface area contributed by atoms with Gasteiger partial charge < -0.3 is 15.4 Å². The summed E-state index contributed by atoms with van der Waals surface area (Å²) in [7, 11) is 0. The van der Waals surface area contributed by atoms with Crippen molar-refractivity contribution in [3.8, 4) is 5.75 Å². The molecule has 0 radical (unpaired) electrons. The van der Waals surface area contributed by atoms with Crippen molar-refractivity contribution in [2.24, 2.45) is 0 Å². The number of benzene rings is 4. The molecule has 0 aliphatic carbocycles. The van der Waals surface area contributed by atoms with Crippen molar-refractivity contribution in [3.63, 3.8) is 0 Å². The summed E-state index contributed by atoms with van der Waals surface area (Å²) in [5, 5.41) is 7.76. The van der Waals surface area contributed by atoms with E-state index in [0.717, 1.165) is 22.1 Å². The maximum Gasteiger partial charge on any atom is 0.272 e. The van der Waals surface area contributed by atoms with Gasteiger partial charge in [-0.05, 0) is 72.7 Å². The Kier molecular flexibility index (Phi) is 7.04. The van der Waals surface area contributed by atoms with Crippen LogP contribution < -0.4 is 15.4 Å². The molecule has 4 aromatic rings. The average Bonchev–Trinajstić information content (AvgIpc) is 2.85. The van der Waals surface area contributed by atoms with Crippen molar-refractivity contribution in [3.05, 3.63) is 114 Å². The Balaban J connectivity index is 1.60. The molecular formula is C29H26N2O3. The third kappa shape index (κ3) is 5.90. The molecule has 5 heteroatoms. The van der Waals surface area contributed by atoms with Crippen molar-refractivity contribution >= 4 is 34.4 Å². The fraction of sp³-hybridized carbons (Fsp3) is 0.103. The second-order valence-corrected chi connectivity index (χ2v) is 8.13. The Morgan fingerprint density at radius 3 is 2.18 bits per heavy atom. The molecule has 0 heterocycles. The van der Waals surface area contributed by atoms with E-state index in [4.69, 9.17) is 4.74 Å². The van der Waals surface area contributed by atoms with E-state index in [-0.39, 0.29) is 17.7 Å². The van der Waals surface area contributed by atoms with Gasteiger partial charge in [-0.15, -0.1) is 0 Å². The van der Waals surface area contributed by atoms with Crippen LogP contribution in [0.4, 0.5) is 5.69 Å². The van der Waals surface area contributed by atoms with Gasteiger partial charge in [0.05, 0.1) is 6.10 Å². The van der Waals surface area contributed by atoms with Gasteiger partial charge in [0.25, 0.3) is 11.8 Å². The molecule has 0 saturated carbocycles. The van der Waals surface area contributed by atoms with Crippen LogP contribution >= 0.6 is 0 Å². The maximum atomic E-state index is 13.2. The van der Waals surface area contributed by atoms with E-state index in [0.29, 0.717) is 11.3 Å². The van der Waals surface area contributed by atoms with Crippen molar-refractivity contribution in [2.45, 2.75) is 20.0 Å². The fourth-order valence-corrected chi connectivity index (χ4v) is 3.49. The summed E-state index contributed by atoms with van der Waals surface area (Å²) >= 11 is 0. The quantitative estimate of drug-likeness (QED) is 0.338. The topological polar surface area (TPSA) is 67.4 Å². The molecule has 5 nitrogen and oxygen atoms in total. The zero-order chi connectivity index (χ0) is 23.9. The van der Waals surface area contributed by atoms with Crippen LogP contribution in [0.1, 0.15) is 29.8 Å². The molecule has 0 unspecified atom stereocenters. The van der Waals surface area contributed by atoms with Crippen LogP contribution in [0, 0.1) is 0 Å². The molecule has 34 heavy (non-hydrogen) atoms. The number of ether oxygens (including phenoxy) is 1. The summed E-state index contributed by atoms with van der Waals surface area (Å²) in [4.78, 5) is 26.0. The van der Waals surface area contributed by atoms with E-state index in [1.807, 2.05) is 86.6 Å². The van der Waals surface area contributed by atoms with E-state index in [1.165, 1.54) is 0 Å². The Morgan fingerprint density at radius 2 is 1.47 bits per heavy atom. The van der Waals surface area contributed by atoms with E-state index in [9.17, 15) is 9.59 Å². The minimum absolute atomic E-state index is 0.0647. The Hall–Kier alpha value is -4.38. The van der Waals surface area contributed by atoms with Gasteiger partial charge in [-0.25, -0.2) is 0 Å². The predicted octanol–water partition coefficient (Wildman–Crippen LogP) is 6.04. The molecular weight excluding hydrogens is 424 g/mol. The summed E-state index contributed by atoms with van der Waals surface area (Å²) in [6, 6.07) is 29.8. The summed E-state index contributed by atoms with van der Waals surface area (Å²) in [6.45, 7) is 3.92. The smallest absolute Gasteiger partial charge is 0.272 e. The lowest BCUT2D eigenvalue weighted by Crippen LogP contribution is -2.30. The van der Waals surface area contributed by atoms with E-state index in [2.05, 4.69) is 10.6 Å². The highest BCUT2D eigenvalue weighted by molar-refractivity contribution is 6.11. The molecule has 4 rings (SSSR count). The molecule has 0 spiro atoms. The van der Waals surface area contributed by atoms with Crippen LogP contribution in [0.25, 0.3) is 16.8 Å². The summed E-state index contributed by atoms with van der Waals surface area (Å²) in [5.74, 6) is -0.0371. The molecule has 2 amide bonds. The molecule has 170 valence electrons. The summed E-state index contributed by atoms with van der Waals surface area (Å²) < 4.78 is 5.69. The molecule has 0 aliphatic heterocycles. The van der Waals surface area contributed by atoms with Crippen LogP contribution in [-0.4, -0.2) is 17.9 Å². The number of nitrogens with one attached hydrogen (secondary N) is 2. The summed E-state index contributed by atoms with van der Waals surface area (Å²) in [5.41, 5.74) is 2.00. The zero-order valence-corrected chi connectivity index (χ0v) is 19.1. The van der Waals surface area contributed by atoms with E-state index in [1.54, 1.807) is 30.3 Å². The first kappa shape index (κ1) is 22.8. The van der Waals surface area contributed by atoms with Gasteiger partial charge in [-0.1, -0.05) is 60.7 Å². The first-order valence-electron chi connectivity index (χ1n) is 11.1. The van der Waals surface area contributed by atoms with Crippen molar-refractivity contribution < 1.29 is 14.3 Å². The van der Waals surface area contributed by atoms with Crippen LogP contribution in [0.3, 0.4) is 0 Å². The molecule has 0 atom stereocenters. The predicted molar refractivity (Wildman–Crippen MR) is 137 cm³/mol. The Morgan fingerprint density at radius 1 is 0.794 bits per heavy atom. The standard InChI is InChI=1S/C29H26N2O3/c1-20(2)34-26-16-12-21(13-17-26)18-27(31-28(32)23-9-4-3-5-10-23)29(33)30-25-15-14-22-8-6-7-11-24(22)19-25/h3-20H,1-2H3,(H,30,33)(H,31,32)/b27-18+. The van der Waals surface area contributed by atoms with Crippen molar-refractivity contribution in [1.82, 2.24) is 5.32 Å². The average molecular weight is 451 g/mol. The molecule has 4 aromatic carbocycles. The molecule has 0 aliphatic rings. The lowest BCUT2D eigenvalue weighted by molar-refractivity contribution is -0.113. The Bertz CT molecular complexity index is 1330. The highest BCUT2D eigenvalue weighted by Gasteiger charge is 2.15. The van der Waals surface area contributed by atoms with Crippen molar-refractivity contribution in [1.29, 1.82) is 0 Å². The lowest BCUT2D eigenvalue weighted by Gasteiger charge is -2.13. The molecule has 0 bridgehead atoms. The molecule has 0 fully saturated rings. The molecule has 0 saturated heterocycles. The van der Waals surface area contributed by atoms with Crippen LogP contribution in [0.2, 0.25) is 0 Å². The van der Waals surface area contributed by atoms with Gasteiger partial charge in [-0.3, -0.25) is 9.59 Å². The molecule has 2 N–H and O–H groups in total. The van der Waals surface area contributed by atoms with Gasteiger partial charge in [0, 0.05) is 11.3 Å². The van der Waals surface area contributed by atoms with Crippen molar-refractivity contribution in [2.75, 3.05) is 5.32 Å². The molecule has 0 aromatic heterocycles. The fourth-order valence-electron chi connectivity index (χ4n) is 3.49. The number of rotatable bonds is 7. The zero-order valence-electron chi connectivity index (χ0n) is 19.1. The van der Waals surface area contributed by atoms with Gasteiger partial charge >= 0.3 is 0 Å². The third-order valence-electron chi connectivity index (χ3n) is 5.10. The number of anilines is 1. The normalized spacial score (nSPS) is 11.3. The third-order valence-corrected chi connectivity index (χ3v) is 5.10. The minimum Gasteiger partial charge on any atom is -0.491 e. The first-order chi connectivity index (χ1) is 16.5. The number of hydrogen-bond donors (Lipinski definition) is 2. The van der Waals surface area contributed by atoms with E-state index >= 15 is 0 Å². The second kappa shape index (κ2) is 10.5. The lowest BCUT2D eigenvalue weighted by atomic mass is 10.1. The van der Waals surface area contributed by atoms with Crippen LogP contribution in [-0.2, 0) is 4.79 Å². The number of carbonyl (C=O) groups is 2. The minimum atomic E-state index is -0.415. The van der Waals surface area contributed by atoms with Crippen LogP contribution in [0.5, 0.6) is 5.75 Å². The monoisotopic (exact) mass is 450 g/mol. The largest absolute Gasteiger partial charge is 0.491 e. The number of amides is 2. The van der Waals surface area contributed by atoms with Gasteiger partial charge in [0.15, 0.2) is 0 Å². The van der Waals surface area contributed by atoms with E-state index < -0.39 is 5.91 Å². The first-order valence-corrected chi connectivity index (χ1v) is 11.1. The number of hydrogen-bond acceptors (Lipinski definition) is 3. The highest BCUT2D eigenvalue weighted by atomic mass is 16.5. The second-order valence-electron chi connectivity index (χ2n) is 8.13. The number of fused-ring (bicyclic) bond motifs is 1. The summed E-state index contributed by atoms with van der Waals surface area (Å²) in [6.07, 6.45) is 1.71. The van der Waals surface area contributed by atoms with Gasteiger partial charge in [0.2, 0.25) is 0 Å². The van der Waals surface area contributed by atoms with Crippen LogP contribution in [0.15, 0.2) is 103 Å². The maximum absolute atomic E-state index is 13.2. The highest BCUT2D eigenvalue weighted by Crippen LogP contribution is 2.20. The number of carbonyl (C=O) groups excluding carboxylic acids is 2.